The van der Waals surface area contributed by atoms with Gasteiger partial charge < -0.3 is 10.4 Å². The van der Waals surface area contributed by atoms with Crippen LogP contribution in [0.2, 0.25) is 0 Å². The van der Waals surface area contributed by atoms with E-state index in [1.54, 1.807) is 4.90 Å². The molecule has 20 heavy (non-hydrogen) atoms. The third-order valence-corrected chi connectivity index (χ3v) is 3.61. The van der Waals surface area contributed by atoms with Gasteiger partial charge in [-0.1, -0.05) is 18.2 Å². The zero-order valence-corrected chi connectivity index (χ0v) is 11.8. The summed E-state index contributed by atoms with van der Waals surface area (Å²) >= 11 is 0. The van der Waals surface area contributed by atoms with Gasteiger partial charge in [0.05, 0.1) is 0 Å². The molecular weight excluding hydrogens is 256 g/mol. The lowest BCUT2D eigenvalue weighted by Gasteiger charge is -2.25. The molecule has 5 nitrogen and oxygen atoms in total. The van der Waals surface area contributed by atoms with Gasteiger partial charge >= 0.3 is 12.0 Å². The van der Waals surface area contributed by atoms with Crippen LogP contribution in [0.3, 0.4) is 0 Å². The molecule has 0 spiro atoms. The molecule has 1 saturated carbocycles. The summed E-state index contributed by atoms with van der Waals surface area (Å²) < 4.78 is 0. The maximum absolute atomic E-state index is 12.3. The van der Waals surface area contributed by atoms with Crippen LogP contribution >= 0.6 is 0 Å². The second-order valence-corrected chi connectivity index (χ2v) is 5.13. The van der Waals surface area contributed by atoms with Crippen LogP contribution in [0.15, 0.2) is 24.3 Å². The molecule has 2 amide bonds. The van der Waals surface area contributed by atoms with E-state index in [1.807, 2.05) is 38.1 Å². The number of para-hydroxylation sites is 1. The normalized spacial score (nSPS) is 15.5. The van der Waals surface area contributed by atoms with Crippen molar-refractivity contribution in [2.45, 2.75) is 32.7 Å². The van der Waals surface area contributed by atoms with Gasteiger partial charge in [-0.15, -0.1) is 0 Å². The van der Waals surface area contributed by atoms with E-state index < -0.39 is 12.0 Å². The summed E-state index contributed by atoms with van der Waals surface area (Å²) in [7, 11) is 0. The molecule has 2 rings (SSSR count). The molecule has 0 aliphatic heterocycles. The van der Waals surface area contributed by atoms with Crippen molar-refractivity contribution in [2.24, 2.45) is 5.92 Å². The summed E-state index contributed by atoms with van der Waals surface area (Å²) in [6.45, 7) is 4.30. The van der Waals surface area contributed by atoms with Crippen LogP contribution in [-0.2, 0) is 4.79 Å². The molecule has 1 aromatic rings. The Morgan fingerprint density at radius 1 is 1.40 bits per heavy atom. The Morgan fingerprint density at radius 3 is 2.55 bits per heavy atom. The number of amides is 2. The van der Waals surface area contributed by atoms with Crippen LogP contribution in [0.25, 0.3) is 0 Å². The summed E-state index contributed by atoms with van der Waals surface area (Å²) in [4.78, 5) is 25.1. The topological polar surface area (TPSA) is 69.6 Å². The number of urea groups is 1. The minimum atomic E-state index is -0.957. The van der Waals surface area contributed by atoms with E-state index in [4.69, 9.17) is 0 Å². The van der Waals surface area contributed by atoms with Crippen molar-refractivity contribution in [2.75, 3.05) is 11.4 Å². The average molecular weight is 276 g/mol. The highest BCUT2D eigenvalue weighted by Crippen LogP contribution is 2.33. The van der Waals surface area contributed by atoms with Crippen LogP contribution in [0, 0.1) is 12.8 Å². The molecule has 2 N–H and O–H groups in total. The Morgan fingerprint density at radius 2 is 2.05 bits per heavy atom. The number of anilines is 1. The SMILES string of the molecule is CCN(C(=O)NC(C(=O)O)C1CC1)c1ccccc1C. The Bertz CT molecular complexity index is 512. The van der Waals surface area contributed by atoms with E-state index in [0.29, 0.717) is 6.54 Å². The smallest absolute Gasteiger partial charge is 0.326 e. The van der Waals surface area contributed by atoms with Gasteiger partial charge in [0.15, 0.2) is 0 Å². The lowest BCUT2D eigenvalue weighted by molar-refractivity contribution is -0.139. The number of aliphatic carboxylic acids is 1. The van der Waals surface area contributed by atoms with Gasteiger partial charge in [0.25, 0.3) is 0 Å². The lowest BCUT2D eigenvalue weighted by Crippen LogP contribution is -2.49. The van der Waals surface area contributed by atoms with Crippen molar-refractivity contribution in [3.05, 3.63) is 29.8 Å². The molecule has 1 unspecified atom stereocenters. The number of carbonyl (C=O) groups excluding carboxylic acids is 1. The quantitative estimate of drug-likeness (QED) is 0.867. The Hall–Kier alpha value is -2.04. The van der Waals surface area contributed by atoms with Gasteiger partial charge in [-0.05, 0) is 44.2 Å². The molecule has 1 atom stereocenters. The second-order valence-electron chi connectivity index (χ2n) is 5.13. The largest absolute Gasteiger partial charge is 0.480 e. The fraction of sp³-hybridized carbons (Fsp3) is 0.467. The molecule has 0 saturated heterocycles. The van der Waals surface area contributed by atoms with Gasteiger partial charge in [-0.2, -0.15) is 0 Å². The minimum absolute atomic E-state index is 0.0760. The number of hydrogen-bond acceptors (Lipinski definition) is 2. The van der Waals surface area contributed by atoms with Gasteiger partial charge in [0.1, 0.15) is 6.04 Å². The number of carboxylic acids is 1. The predicted molar refractivity (Wildman–Crippen MR) is 76.9 cm³/mol. The third kappa shape index (κ3) is 3.10. The van der Waals surface area contributed by atoms with Crippen LogP contribution < -0.4 is 10.2 Å². The van der Waals surface area contributed by atoms with E-state index in [9.17, 15) is 14.7 Å². The van der Waals surface area contributed by atoms with Gasteiger partial charge in [-0.3, -0.25) is 4.90 Å². The summed E-state index contributed by atoms with van der Waals surface area (Å²) in [6, 6.07) is 6.45. The van der Waals surface area contributed by atoms with Crippen LogP contribution in [-0.4, -0.2) is 29.7 Å². The van der Waals surface area contributed by atoms with Crippen molar-refractivity contribution in [3.8, 4) is 0 Å². The van der Waals surface area contributed by atoms with Gasteiger partial charge in [0.2, 0.25) is 0 Å². The highest BCUT2D eigenvalue weighted by atomic mass is 16.4. The van der Waals surface area contributed by atoms with Crippen LogP contribution in [0.4, 0.5) is 10.5 Å². The summed E-state index contributed by atoms with van der Waals surface area (Å²) in [6.07, 6.45) is 1.74. The van der Waals surface area contributed by atoms with Gasteiger partial charge in [-0.25, -0.2) is 9.59 Å². The molecule has 0 heterocycles. The van der Waals surface area contributed by atoms with Crippen molar-refractivity contribution >= 4 is 17.7 Å². The number of aryl methyl sites for hydroxylation is 1. The minimum Gasteiger partial charge on any atom is -0.480 e. The highest BCUT2D eigenvalue weighted by Gasteiger charge is 2.38. The first-order chi connectivity index (χ1) is 9.54. The fourth-order valence-corrected chi connectivity index (χ4v) is 2.31. The molecule has 0 radical (unpaired) electrons. The van der Waals surface area contributed by atoms with Crippen molar-refractivity contribution in [1.82, 2.24) is 5.32 Å². The monoisotopic (exact) mass is 276 g/mol. The summed E-state index contributed by atoms with van der Waals surface area (Å²) in [5.74, 6) is -0.881. The first-order valence-electron chi connectivity index (χ1n) is 6.91. The van der Waals surface area contributed by atoms with Crippen molar-refractivity contribution < 1.29 is 14.7 Å². The molecule has 108 valence electrons. The first kappa shape index (κ1) is 14.4. The lowest BCUT2D eigenvalue weighted by atomic mass is 10.1. The number of hydrogen-bond donors (Lipinski definition) is 2. The number of carboxylic acid groups (broad SMARTS) is 1. The average Bonchev–Trinajstić information content (AvgIpc) is 3.23. The molecule has 1 aliphatic carbocycles. The predicted octanol–water partition coefficient (Wildman–Crippen LogP) is 2.39. The molecule has 0 aromatic heterocycles. The fourth-order valence-electron chi connectivity index (χ4n) is 2.31. The van der Waals surface area contributed by atoms with E-state index in [0.717, 1.165) is 24.1 Å². The maximum Gasteiger partial charge on any atom is 0.326 e. The van der Waals surface area contributed by atoms with Crippen LogP contribution in [0.1, 0.15) is 25.3 Å². The highest BCUT2D eigenvalue weighted by molar-refractivity contribution is 5.95. The van der Waals surface area contributed by atoms with E-state index in [-0.39, 0.29) is 11.9 Å². The molecule has 1 aromatic carbocycles. The molecule has 1 aliphatic rings. The summed E-state index contributed by atoms with van der Waals surface area (Å²) in [5, 5.41) is 11.8. The Balaban J connectivity index is 2.13. The molecule has 0 bridgehead atoms. The Kier molecular flexibility index (Phi) is 4.27. The zero-order valence-electron chi connectivity index (χ0n) is 11.8. The molecule has 5 heteroatoms. The van der Waals surface area contributed by atoms with Gasteiger partial charge in [0, 0.05) is 12.2 Å². The van der Waals surface area contributed by atoms with E-state index >= 15 is 0 Å². The third-order valence-electron chi connectivity index (χ3n) is 3.61. The van der Waals surface area contributed by atoms with Crippen molar-refractivity contribution in [1.29, 1.82) is 0 Å². The first-order valence-corrected chi connectivity index (χ1v) is 6.91. The van der Waals surface area contributed by atoms with Crippen LogP contribution in [0.5, 0.6) is 0 Å². The zero-order chi connectivity index (χ0) is 14.7. The van der Waals surface area contributed by atoms with E-state index in [2.05, 4.69) is 5.32 Å². The number of carbonyl (C=O) groups is 2. The number of benzene rings is 1. The van der Waals surface area contributed by atoms with Crippen molar-refractivity contribution in [3.63, 3.8) is 0 Å². The second kappa shape index (κ2) is 5.94. The number of nitrogens with one attached hydrogen (secondary N) is 1. The number of rotatable bonds is 5. The Labute approximate surface area is 118 Å². The standard InChI is InChI=1S/C15H20N2O3/c1-3-17(12-7-5-4-6-10(12)2)15(20)16-13(14(18)19)11-8-9-11/h4-7,11,13H,3,8-9H2,1-2H3,(H,16,20)(H,18,19). The van der Waals surface area contributed by atoms with E-state index in [1.165, 1.54) is 0 Å². The maximum atomic E-state index is 12.3. The molecule has 1 fully saturated rings. The number of nitrogens with zero attached hydrogens (tertiary/aromatic N) is 1. The molecular formula is C15H20N2O3. The summed E-state index contributed by atoms with van der Waals surface area (Å²) in [5.41, 5.74) is 1.80.